The molecule has 2 unspecified atom stereocenters. The molecule has 4 heteroatoms. The van der Waals surface area contributed by atoms with Crippen molar-refractivity contribution >= 4 is 11.6 Å². The Morgan fingerprint density at radius 2 is 1.50 bits per heavy atom. The first-order chi connectivity index (χ1) is 16.6. The molecule has 0 aromatic heterocycles. The highest BCUT2D eigenvalue weighted by Crippen LogP contribution is 2.37. The molecular weight excluding hydrogens is 440 g/mol. The Bertz CT molecular complexity index is 1020. The van der Waals surface area contributed by atoms with Crippen LogP contribution in [-0.4, -0.2) is 29.2 Å². The van der Waals surface area contributed by atoms with Gasteiger partial charge in [0.1, 0.15) is 5.41 Å². The van der Waals surface area contributed by atoms with Crippen LogP contribution in [0.1, 0.15) is 61.3 Å². The third-order valence-corrected chi connectivity index (χ3v) is 7.41. The highest BCUT2D eigenvalue weighted by Gasteiger charge is 2.34. The molecule has 1 aliphatic heterocycles. The molecule has 0 amide bonds. The topological polar surface area (TPSA) is 47.3 Å². The van der Waals surface area contributed by atoms with Crippen molar-refractivity contribution in [1.82, 2.24) is 4.90 Å². The summed E-state index contributed by atoms with van der Waals surface area (Å²) < 4.78 is 0. The van der Waals surface area contributed by atoms with Gasteiger partial charge in [0.25, 0.3) is 0 Å². The number of piperidine rings is 1. The Morgan fingerprint density at radius 1 is 0.882 bits per heavy atom. The quantitative estimate of drug-likeness (QED) is 0.344. The van der Waals surface area contributed by atoms with E-state index in [0.717, 1.165) is 67.8 Å². The number of unbranched alkanes of at least 4 members (excludes halogenated alkanes) is 2. The number of rotatable bonds is 9. The third-order valence-electron chi connectivity index (χ3n) is 7.16. The SMILES string of the molecule is N#CC(CCCCCN1CCC(O)CC1c1ccc(Cl)cc1)(c1ccccc1)c1ccccc1. The zero-order valence-electron chi connectivity index (χ0n) is 19.6. The van der Waals surface area contributed by atoms with E-state index in [0.29, 0.717) is 0 Å². The smallest absolute Gasteiger partial charge is 0.107 e. The van der Waals surface area contributed by atoms with Crippen molar-refractivity contribution in [2.45, 2.75) is 56.1 Å². The van der Waals surface area contributed by atoms with E-state index in [1.165, 1.54) is 5.56 Å². The van der Waals surface area contributed by atoms with Crippen molar-refractivity contribution in [3.63, 3.8) is 0 Å². The van der Waals surface area contributed by atoms with Crippen molar-refractivity contribution in [3.8, 4) is 6.07 Å². The Labute approximate surface area is 208 Å². The van der Waals surface area contributed by atoms with Crippen LogP contribution >= 0.6 is 11.6 Å². The number of nitriles is 1. The Balaban J connectivity index is 1.39. The van der Waals surface area contributed by atoms with E-state index in [1.54, 1.807) is 0 Å². The molecule has 1 fully saturated rings. The molecule has 2 atom stereocenters. The van der Waals surface area contributed by atoms with Gasteiger partial charge in [-0.05, 0) is 61.1 Å². The summed E-state index contributed by atoms with van der Waals surface area (Å²) in [6, 6.07) is 31.3. The first-order valence-electron chi connectivity index (χ1n) is 12.3. The van der Waals surface area contributed by atoms with E-state index in [4.69, 9.17) is 11.6 Å². The van der Waals surface area contributed by atoms with Gasteiger partial charge in [-0.1, -0.05) is 97.2 Å². The lowest BCUT2D eigenvalue weighted by Crippen LogP contribution is -2.39. The van der Waals surface area contributed by atoms with Crippen molar-refractivity contribution in [2.75, 3.05) is 13.1 Å². The van der Waals surface area contributed by atoms with Crippen LogP contribution in [0.15, 0.2) is 84.9 Å². The molecule has 1 N–H and O–H groups in total. The van der Waals surface area contributed by atoms with Crippen LogP contribution in [0.25, 0.3) is 0 Å². The normalized spacial score (nSPS) is 19.0. The lowest BCUT2D eigenvalue weighted by Gasteiger charge is -2.38. The molecule has 0 bridgehead atoms. The monoisotopic (exact) mass is 472 g/mol. The number of hydrogen-bond donors (Lipinski definition) is 1. The minimum absolute atomic E-state index is 0.229. The maximum atomic E-state index is 10.4. The van der Waals surface area contributed by atoms with Crippen LogP contribution in [0.2, 0.25) is 5.02 Å². The van der Waals surface area contributed by atoms with Crippen LogP contribution < -0.4 is 0 Å². The fourth-order valence-electron chi connectivity index (χ4n) is 5.26. The highest BCUT2D eigenvalue weighted by atomic mass is 35.5. The summed E-state index contributed by atoms with van der Waals surface area (Å²) in [6.07, 6.45) is 5.27. The molecule has 176 valence electrons. The van der Waals surface area contributed by atoms with Crippen molar-refractivity contribution in [2.24, 2.45) is 0 Å². The summed E-state index contributed by atoms with van der Waals surface area (Å²) in [7, 11) is 0. The van der Waals surface area contributed by atoms with Gasteiger partial charge in [-0.2, -0.15) is 5.26 Å². The minimum atomic E-state index is -0.621. The lowest BCUT2D eigenvalue weighted by atomic mass is 9.72. The van der Waals surface area contributed by atoms with E-state index >= 15 is 0 Å². The zero-order valence-corrected chi connectivity index (χ0v) is 20.4. The van der Waals surface area contributed by atoms with Crippen LogP contribution in [0.5, 0.6) is 0 Å². The van der Waals surface area contributed by atoms with E-state index < -0.39 is 5.41 Å². The minimum Gasteiger partial charge on any atom is -0.393 e. The molecule has 1 aliphatic rings. The van der Waals surface area contributed by atoms with Gasteiger partial charge in [-0.15, -0.1) is 0 Å². The molecule has 3 aromatic carbocycles. The van der Waals surface area contributed by atoms with E-state index in [2.05, 4.69) is 47.4 Å². The Morgan fingerprint density at radius 3 is 2.09 bits per heavy atom. The highest BCUT2D eigenvalue weighted by molar-refractivity contribution is 6.30. The second-order valence-electron chi connectivity index (χ2n) is 9.34. The molecule has 4 rings (SSSR count). The van der Waals surface area contributed by atoms with Crippen molar-refractivity contribution < 1.29 is 5.11 Å². The van der Waals surface area contributed by atoms with E-state index in [9.17, 15) is 10.4 Å². The molecule has 3 nitrogen and oxygen atoms in total. The van der Waals surface area contributed by atoms with E-state index in [1.807, 2.05) is 48.5 Å². The standard InChI is InChI=1S/C30H33ClN2O/c31-27-16-14-24(15-17-27)29-22-28(34)18-21-33(29)20-9-3-8-19-30(23-32,25-10-4-1-5-11-25)26-12-6-2-7-13-26/h1-2,4-7,10-17,28-29,34H,3,8-9,18-22H2. The summed E-state index contributed by atoms with van der Waals surface area (Å²) in [5.74, 6) is 0. The lowest BCUT2D eigenvalue weighted by molar-refractivity contribution is 0.0398. The Kier molecular flexibility index (Phi) is 8.40. The number of benzene rings is 3. The molecule has 0 radical (unpaired) electrons. The first-order valence-corrected chi connectivity index (χ1v) is 12.7. The molecule has 1 heterocycles. The van der Waals surface area contributed by atoms with Gasteiger partial charge in [-0.3, -0.25) is 4.90 Å². The number of hydrogen-bond acceptors (Lipinski definition) is 3. The van der Waals surface area contributed by atoms with Gasteiger partial charge < -0.3 is 5.11 Å². The average Bonchev–Trinajstić information content (AvgIpc) is 2.89. The second kappa shape index (κ2) is 11.7. The Hall–Kier alpha value is -2.64. The summed E-state index contributed by atoms with van der Waals surface area (Å²) in [4.78, 5) is 2.50. The molecule has 0 aliphatic carbocycles. The number of halogens is 1. The molecular formula is C30H33ClN2O. The predicted octanol–water partition coefficient (Wildman–Crippen LogP) is 6.91. The molecule has 0 saturated carbocycles. The van der Waals surface area contributed by atoms with Crippen molar-refractivity contribution in [3.05, 3.63) is 107 Å². The first kappa shape index (κ1) is 24.5. The van der Waals surface area contributed by atoms with Gasteiger partial charge in [0, 0.05) is 17.6 Å². The van der Waals surface area contributed by atoms with Gasteiger partial charge in [0.15, 0.2) is 0 Å². The number of aliphatic hydroxyl groups is 1. The molecule has 34 heavy (non-hydrogen) atoms. The maximum Gasteiger partial charge on any atom is 0.107 e. The second-order valence-corrected chi connectivity index (χ2v) is 9.78. The number of aliphatic hydroxyl groups excluding tert-OH is 1. The summed E-state index contributed by atoms with van der Waals surface area (Å²) in [5, 5.41) is 21.4. The summed E-state index contributed by atoms with van der Waals surface area (Å²) in [6.45, 7) is 1.90. The zero-order chi connectivity index (χ0) is 23.8. The van der Waals surface area contributed by atoms with Crippen LogP contribution in [0, 0.1) is 11.3 Å². The van der Waals surface area contributed by atoms with E-state index in [-0.39, 0.29) is 12.1 Å². The van der Waals surface area contributed by atoms with Gasteiger partial charge in [0.05, 0.1) is 12.2 Å². The summed E-state index contributed by atoms with van der Waals surface area (Å²) >= 11 is 6.09. The van der Waals surface area contributed by atoms with Crippen LogP contribution in [-0.2, 0) is 5.41 Å². The number of nitrogens with zero attached hydrogens (tertiary/aromatic N) is 2. The molecule has 1 saturated heterocycles. The van der Waals surface area contributed by atoms with Crippen LogP contribution in [0.4, 0.5) is 0 Å². The maximum absolute atomic E-state index is 10.4. The fourth-order valence-corrected chi connectivity index (χ4v) is 5.39. The largest absolute Gasteiger partial charge is 0.393 e. The fraction of sp³-hybridized carbons (Fsp3) is 0.367. The van der Waals surface area contributed by atoms with Crippen LogP contribution in [0.3, 0.4) is 0 Å². The predicted molar refractivity (Wildman–Crippen MR) is 139 cm³/mol. The van der Waals surface area contributed by atoms with Gasteiger partial charge in [-0.25, -0.2) is 0 Å². The third kappa shape index (κ3) is 5.70. The number of likely N-dealkylation sites (tertiary alicyclic amines) is 1. The summed E-state index contributed by atoms with van der Waals surface area (Å²) in [5.41, 5.74) is 2.73. The molecule has 3 aromatic rings. The van der Waals surface area contributed by atoms with Gasteiger partial charge in [0.2, 0.25) is 0 Å². The van der Waals surface area contributed by atoms with Crippen molar-refractivity contribution in [1.29, 1.82) is 5.26 Å². The average molecular weight is 473 g/mol. The van der Waals surface area contributed by atoms with Gasteiger partial charge >= 0.3 is 0 Å². The molecule has 0 spiro atoms.